The van der Waals surface area contributed by atoms with Crippen molar-refractivity contribution in [1.82, 2.24) is 9.97 Å². The van der Waals surface area contributed by atoms with Gasteiger partial charge < -0.3 is 4.74 Å². The summed E-state index contributed by atoms with van der Waals surface area (Å²) in [7, 11) is 0. The summed E-state index contributed by atoms with van der Waals surface area (Å²) < 4.78 is 42.5. The van der Waals surface area contributed by atoms with E-state index >= 15 is 0 Å². The van der Waals surface area contributed by atoms with E-state index in [4.69, 9.17) is 11.6 Å². The Morgan fingerprint density at radius 1 is 1.53 bits per heavy atom. The van der Waals surface area contributed by atoms with Crippen molar-refractivity contribution >= 4 is 11.6 Å². The molecule has 0 spiro atoms. The van der Waals surface area contributed by atoms with Crippen LogP contribution >= 0.6 is 11.6 Å². The zero-order valence-electron chi connectivity index (χ0n) is 7.75. The molecule has 0 aliphatic rings. The number of rotatable bonds is 4. The van der Waals surface area contributed by atoms with Crippen LogP contribution < -0.4 is 4.74 Å². The normalized spacial score (nSPS) is 13.7. The van der Waals surface area contributed by atoms with Crippen LogP contribution in [0.5, 0.6) is 5.88 Å². The maximum absolute atomic E-state index is 12.8. The minimum atomic E-state index is -3.54. The Hall–Kier alpha value is -1.04. The Morgan fingerprint density at radius 2 is 2.20 bits per heavy atom. The summed E-state index contributed by atoms with van der Waals surface area (Å²) in [6, 6.07) is 1.17. The van der Waals surface area contributed by atoms with Gasteiger partial charge in [-0.1, -0.05) is 11.6 Å². The van der Waals surface area contributed by atoms with Crippen molar-refractivity contribution in [3.8, 4) is 5.88 Å². The van der Waals surface area contributed by atoms with Gasteiger partial charge in [-0.05, 0) is 6.92 Å². The monoisotopic (exact) mass is 240 g/mol. The fourth-order valence-electron chi connectivity index (χ4n) is 0.681. The minimum absolute atomic E-state index is 0.0663. The summed E-state index contributed by atoms with van der Waals surface area (Å²) in [4.78, 5) is 7.06. The number of nitrogens with zero attached hydrogens (tertiary/aromatic N) is 2. The second-order valence-corrected chi connectivity index (χ2v) is 3.23. The van der Waals surface area contributed by atoms with E-state index in [9.17, 15) is 13.2 Å². The summed E-state index contributed by atoms with van der Waals surface area (Å²) >= 11 is 5.46. The Kier molecular flexibility index (Phi) is 3.73. The van der Waals surface area contributed by atoms with Gasteiger partial charge in [-0.3, -0.25) is 0 Å². The van der Waals surface area contributed by atoms with E-state index in [-0.39, 0.29) is 11.0 Å². The molecule has 0 saturated carbocycles. The third-order valence-corrected chi connectivity index (χ3v) is 1.81. The third-order valence-electron chi connectivity index (χ3n) is 1.60. The SMILES string of the molecule is CC(F)C(F)(F)COc1cc(Cl)ncn1. The first-order valence-electron chi connectivity index (χ1n) is 4.04. The predicted molar refractivity (Wildman–Crippen MR) is 48.1 cm³/mol. The van der Waals surface area contributed by atoms with Crippen molar-refractivity contribution < 1.29 is 17.9 Å². The molecule has 1 heterocycles. The number of aromatic nitrogens is 2. The molecule has 1 unspecified atom stereocenters. The first kappa shape index (κ1) is 12.0. The maximum atomic E-state index is 12.8. The molecule has 0 aliphatic heterocycles. The van der Waals surface area contributed by atoms with Gasteiger partial charge in [0, 0.05) is 6.07 Å². The van der Waals surface area contributed by atoms with Gasteiger partial charge >= 0.3 is 5.92 Å². The average Bonchev–Trinajstić information content (AvgIpc) is 2.15. The number of alkyl halides is 3. The maximum Gasteiger partial charge on any atom is 0.311 e. The molecule has 84 valence electrons. The number of ether oxygens (including phenoxy) is 1. The standard InChI is InChI=1S/C8H8ClF3N2O/c1-5(10)8(11,12)3-15-7-2-6(9)13-4-14-7/h2,4-5H,3H2,1H3. The predicted octanol–water partition coefficient (Wildman–Crippen LogP) is 2.50. The second-order valence-electron chi connectivity index (χ2n) is 2.84. The van der Waals surface area contributed by atoms with Gasteiger partial charge in [-0.2, -0.15) is 8.78 Å². The largest absolute Gasteiger partial charge is 0.471 e. The van der Waals surface area contributed by atoms with Crippen molar-refractivity contribution in [3.63, 3.8) is 0 Å². The molecule has 0 radical (unpaired) electrons. The Balaban J connectivity index is 2.57. The molecule has 1 atom stereocenters. The fourth-order valence-corrected chi connectivity index (χ4v) is 0.818. The molecular weight excluding hydrogens is 233 g/mol. The summed E-state index contributed by atoms with van der Waals surface area (Å²) in [5.41, 5.74) is 0. The zero-order valence-corrected chi connectivity index (χ0v) is 8.51. The second kappa shape index (κ2) is 4.65. The molecule has 7 heteroatoms. The summed E-state index contributed by atoms with van der Waals surface area (Å²) in [5.74, 6) is -3.66. The van der Waals surface area contributed by atoms with Crippen LogP contribution in [0, 0.1) is 0 Å². The Morgan fingerprint density at radius 3 is 2.73 bits per heavy atom. The molecule has 1 rings (SSSR count). The third kappa shape index (κ3) is 3.54. The average molecular weight is 241 g/mol. The van der Waals surface area contributed by atoms with E-state index < -0.39 is 18.7 Å². The van der Waals surface area contributed by atoms with E-state index in [1.54, 1.807) is 0 Å². The van der Waals surface area contributed by atoms with Crippen molar-refractivity contribution in [3.05, 3.63) is 17.5 Å². The van der Waals surface area contributed by atoms with Gasteiger partial charge in [0.05, 0.1) is 0 Å². The van der Waals surface area contributed by atoms with Crippen molar-refractivity contribution in [2.24, 2.45) is 0 Å². The van der Waals surface area contributed by atoms with Crippen LogP contribution in [0.4, 0.5) is 13.2 Å². The molecule has 0 saturated heterocycles. The summed E-state index contributed by atoms with van der Waals surface area (Å²) in [6.07, 6.45) is -1.22. The van der Waals surface area contributed by atoms with Gasteiger partial charge in [0.15, 0.2) is 12.8 Å². The topological polar surface area (TPSA) is 35.0 Å². The van der Waals surface area contributed by atoms with Crippen molar-refractivity contribution in [1.29, 1.82) is 0 Å². The van der Waals surface area contributed by atoms with Crippen LogP contribution in [0.15, 0.2) is 12.4 Å². The quantitative estimate of drug-likeness (QED) is 0.759. The number of halogens is 4. The van der Waals surface area contributed by atoms with E-state index in [0.29, 0.717) is 0 Å². The first-order chi connectivity index (χ1) is 6.92. The van der Waals surface area contributed by atoms with Crippen LogP contribution in [0.1, 0.15) is 6.92 Å². The molecule has 0 aromatic carbocycles. The first-order valence-corrected chi connectivity index (χ1v) is 4.42. The molecule has 0 amide bonds. The zero-order chi connectivity index (χ0) is 11.5. The molecule has 1 aromatic rings. The van der Waals surface area contributed by atoms with Gasteiger partial charge in [0.2, 0.25) is 5.88 Å². The van der Waals surface area contributed by atoms with Crippen LogP contribution in [0.3, 0.4) is 0 Å². The smallest absolute Gasteiger partial charge is 0.311 e. The highest BCUT2D eigenvalue weighted by atomic mass is 35.5. The van der Waals surface area contributed by atoms with Gasteiger partial charge in [-0.25, -0.2) is 14.4 Å². The molecule has 1 aromatic heterocycles. The van der Waals surface area contributed by atoms with Gasteiger partial charge in [0.1, 0.15) is 11.5 Å². The summed E-state index contributed by atoms with van der Waals surface area (Å²) in [6.45, 7) is -0.325. The number of hydrogen-bond acceptors (Lipinski definition) is 3. The van der Waals surface area contributed by atoms with E-state index in [0.717, 1.165) is 13.3 Å². The molecule has 0 N–H and O–H groups in total. The lowest BCUT2D eigenvalue weighted by atomic mass is 10.2. The lowest BCUT2D eigenvalue weighted by Crippen LogP contribution is -2.34. The molecule has 15 heavy (non-hydrogen) atoms. The highest BCUT2D eigenvalue weighted by molar-refractivity contribution is 6.29. The van der Waals surface area contributed by atoms with Crippen LogP contribution in [-0.2, 0) is 0 Å². The Labute approximate surface area is 89.2 Å². The van der Waals surface area contributed by atoms with Crippen LogP contribution in [-0.4, -0.2) is 28.7 Å². The van der Waals surface area contributed by atoms with Crippen LogP contribution in [0.25, 0.3) is 0 Å². The fraction of sp³-hybridized carbons (Fsp3) is 0.500. The van der Waals surface area contributed by atoms with Crippen molar-refractivity contribution in [2.75, 3.05) is 6.61 Å². The molecule has 0 bridgehead atoms. The van der Waals surface area contributed by atoms with Gasteiger partial charge in [0.25, 0.3) is 0 Å². The van der Waals surface area contributed by atoms with E-state index in [2.05, 4.69) is 14.7 Å². The highest BCUT2D eigenvalue weighted by Gasteiger charge is 2.38. The summed E-state index contributed by atoms with van der Waals surface area (Å²) in [5, 5.41) is 0.0663. The van der Waals surface area contributed by atoms with Gasteiger partial charge in [-0.15, -0.1) is 0 Å². The van der Waals surface area contributed by atoms with Crippen LogP contribution in [0.2, 0.25) is 5.15 Å². The Bertz CT molecular complexity index is 335. The molecular formula is C8H8ClF3N2O. The lowest BCUT2D eigenvalue weighted by molar-refractivity contribution is -0.0949. The van der Waals surface area contributed by atoms with E-state index in [1.807, 2.05) is 0 Å². The van der Waals surface area contributed by atoms with E-state index in [1.165, 1.54) is 6.07 Å². The van der Waals surface area contributed by atoms with Crippen molar-refractivity contribution in [2.45, 2.75) is 19.0 Å². The molecule has 3 nitrogen and oxygen atoms in total. The molecule has 0 fully saturated rings. The lowest BCUT2D eigenvalue weighted by Gasteiger charge is -2.17. The highest BCUT2D eigenvalue weighted by Crippen LogP contribution is 2.22. The molecule has 0 aliphatic carbocycles. The minimum Gasteiger partial charge on any atom is -0.471 e. The number of hydrogen-bond donors (Lipinski definition) is 0.